The quantitative estimate of drug-likeness (QED) is 0.0995. The number of imidazole rings is 2. The molecular weight excluding hydrogens is 997 g/mol. The number of nitrogens with zero attached hydrogens (tertiary/aromatic N) is 14. The molecule has 16 nitrogen and oxygen atoms in total. The summed E-state index contributed by atoms with van der Waals surface area (Å²) in [6.45, 7) is 24.9. The van der Waals surface area contributed by atoms with Crippen molar-refractivity contribution in [1.82, 2.24) is 68.6 Å². The van der Waals surface area contributed by atoms with Gasteiger partial charge in [0, 0.05) is 104 Å². The Hall–Kier alpha value is -7.00. The van der Waals surface area contributed by atoms with E-state index in [0.29, 0.717) is 66.4 Å². The first-order valence-corrected chi connectivity index (χ1v) is 26.7. The summed E-state index contributed by atoms with van der Waals surface area (Å²) in [7, 11) is 6.10. The second-order valence-corrected chi connectivity index (χ2v) is 23.5. The van der Waals surface area contributed by atoms with Crippen molar-refractivity contribution in [2.45, 2.75) is 125 Å². The molecule has 2 aliphatic heterocycles. The number of halogens is 4. The average Bonchev–Trinajstić information content (AvgIpc) is 4.11. The Balaban J connectivity index is 0.861. The Bertz CT molecular complexity index is 3580. The maximum atomic E-state index is 17.1. The van der Waals surface area contributed by atoms with Crippen LogP contribution in [0.3, 0.4) is 0 Å². The van der Waals surface area contributed by atoms with Crippen LogP contribution in [-0.4, -0.2) is 128 Å². The summed E-state index contributed by atoms with van der Waals surface area (Å²) >= 11 is 0. The van der Waals surface area contributed by atoms with Gasteiger partial charge < -0.3 is 24.7 Å². The molecule has 0 saturated carbocycles. The Kier molecular flexibility index (Phi) is 14.6. The van der Waals surface area contributed by atoms with Gasteiger partial charge in [-0.15, -0.1) is 0 Å². The monoisotopic (exact) mass is 1070 g/mol. The van der Waals surface area contributed by atoms with Crippen LogP contribution in [0.15, 0.2) is 54.7 Å². The Morgan fingerprint density at radius 3 is 1.59 bits per heavy atom. The summed E-state index contributed by atoms with van der Waals surface area (Å²) in [6.07, 6.45) is 2.51. The molecule has 0 fully saturated rings. The number of fused-ring (bicyclic) bond motifs is 4. The fourth-order valence-corrected chi connectivity index (χ4v) is 11.1. The fraction of sp³-hybridized carbons (Fsp3) is 0.448. The van der Waals surface area contributed by atoms with E-state index >= 15 is 17.6 Å². The largest absolute Gasteiger partial charge is 0.323 e. The molecule has 8 aromatic rings. The van der Waals surface area contributed by atoms with E-state index < -0.39 is 34.3 Å². The molecule has 2 atom stereocenters. The molecule has 20 heteroatoms. The van der Waals surface area contributed by atoms with E-state index in [1.807, 2.05) is 94.7 Å². The first-order chi connectivity index (χ1) is 36.9. The second-order valence-electron chi connectivity index (χ2n) is 23.5. The highest BCUT2D eigenvalue weighted by Crippen LogP contribution is 2.36. The number of aromatic nitrogens is 10. The number of anilines is 4. The molecule has 2 N–H and O–H groups in total. The number of benzene rings is 2. The number of nitrogens with one attached hydrogen (secondary N) is 2. The third-order valence-electron chi connectivity index (χ3n) is 14.9. The summed E-state index contributed by atoms with van der Waals surface area (Å²) in [4.78, 5) is 46.2. The minimum Gasteiger partial charge on any atom is -0.323 e. The molecule has 0 bridgehead atoms. The zero-order valence-corrected chi connectivity index (χ0v) is 47.0. The standard InChI is InChI=1S/C58H70F4N16/c1-32-22-44-36(29-75(32)20-18-73(11)12)15-17-49(67-44)70-56-68-45(50(62)52(72-56)39-25-41(60)54-47(27-39)78(35(4)65-54)58(8,9)10)31-74(13)19-21-76-30-37-14-16-48(66-43(37)23-33(76)2)69-55-63-28-42(61)51(71-55)38-24-40(59)53-46(26-38)77(34(3)64-53)57(5,6)7/h14-17,24-28,32-33H,18-23,29-31H2,1-13H3,(H,63,66,69,71)(H,67,68,70,72)/t32-,33+/m0/s1. The molecular formula is C58H70F4N16. The minimum atomic E-state index is -0.689. The van der Waals surface area contributed by atoms with Crippen LogP contribution in [-0.2, 0) is 43.6 Å². The molecule has 0 spiro atoms. The van der Waals surface area contributed by atoms with Gasteiger partial charge in [0.15, 0.2) is 23.3 Å². The number of pyridine rings is 2. The van der Waals surface area contributed by atoms with Crippen molar-refractivity contribution in [3.63, 3.8) is 0 Å². The van der Waals surface area contributed by atoms with E-state index in [2.05, 4.69) is 79.3 Å². The highest BCUT2D eigenvalue weighted by molar-refractivity contribution is 5.84. The molecule has 78 heavy (non-hydrogen) atoms. The van der Waals surface area contributed by atoms with Crippen molar-refractivity contribution in [2.75, 3.05) is 58.0 Å². The van der Waals surface area contributed by atoms with Crippen LogP contribution in [0, 0.1) is 37.1 Å². The Labute approximate surface area is 453 Å². The van der Waals surface area contributed by atoms with Crippen LogP contribution >= 0.6 is 0 Å². The van der Waals surface area contributed by atoms with E-state index in [9.17, 15) is 0 Å². The van der Waals surface area contributed by atoms with Crippen LogP contribution in [0.4, 0.5) is 41.1 Å². The van der Waals surface area contributed by atoms with Crippen LogP contribution in [0.25, 0.3) is 44.6 Å². The van der Waals surface area contributed by atoms with Gasteiger partial charge in [-0.1, -0.05) is 12.1 Å². The van der Waals surface area contributed by atoms with Gasteiger partial charge in [-0.3, -0.25) is 14.7 Å². The van der Waals surface area contributed by atoms with E-state index in [0.717, 1.165) is 54.8 Å². The number of hydrogen-bond acceptors (Lipinski definition) is 14. The molecule has 0 saturated heterocycles. The van der Waals surface area contributed by atoms with Crippen molar-refractivity contribution in [1.29, 1.82) is 0 Å². The van der Waals surface area contributed by atoms with E-state index in [4.69, 9.17) is 19.9 Å². The van der Waals surface area contributed by atoms with Crippen LogP contribution < -0.4 is 10.6 Å². The minimum absolute atomic E-state index is 0.0269. The Morgan fingerprint density at radius 1 is 0.590 bits per heavy atom. The summed E-state index contributed by atoms with van der Waals surface area (Å²) < 4.78 is 68.0. The molecule has 0 amide bonds. The molecule has 2 aromatic carbocycles. The van der Waals surface area contributed by atoms with Gasteiger partial charge in [0.25, 0.3) is 0 Å². The van der Waals surface area contributed by atoms with Gasteiger partial charge in [-0.25, -0.2) is 57.4 Å². The van der Waals surface area contributed by atoms with Crippen LogP contribution in [0.1, 0.15) is 95.2 Å². The highest BCUT2D eigenvalue weighted by atomic mass is 19.1. The molecule has 0 radical (unpaired) electrons. The van der Waals surface area contributed by atoms with Crippen molar-refractivity contribution in [3.8, 4) is 22.5 Å². The first-order valence-electron chi connectivity index (χ1n) is 26.7. The molecule has 410 valence electrons. The lowest BCUT2D eigenvalue weighted by molar-refractivity contribution is 0.156. The zero-order chi connectivity index (χ0) is 55.7. The van der Waals surface area contributed by atoms with Gasteiger partial charge in [0.05, 0.1) is 22.9 Å². The van der Waals surface area contributed by atoms with Crippen molar-refractivity contribution >= 4 is 45.6 Å². The maximum Gasteiger partial charge on any atom is 0.229 e. The predicted molar refractivity (Wildman–Crippen MR) is 298 cm³/mol. The summed E-state index contributed by atoms with van der Waals surface area (Å²) in [6, 6.07) is 14.3. The molecule has 10 rings (SSSR count). The number of hydrogen-bond donors (Lipinski definition) is 2. The van der Waals surface area contributed by atoms with Crippen LogP contribution in [0.2, 0.25) is 0 Å². The molecule has 2 aliphatic rings. The van der Waals surface area contributed by atoms with Gasteiger partial charge in [0.1, 0.15) is 45.7 Å². The fourth-order valence-electron chi connectivity index (χ4n) is 11.1. The number of rotatable bonds is 14. The summed E-state index contributed by atoms with van der Waals surface area (Å²) in [5, 5.41) is 6.44. The third-order valence-corrected chi connectivity index (χ3v) is 14.9. The molecule has 0 aliphatic carbocycles. The van der Waals surface area contributed by atoms with Crippen molar-refractivity contribution < 1.29 is 17.6 Å². The first kappa shape index (κ1) is 54.4. The predicted octanol–water partition coefficient (Wildman–Crippen LogP) is 10.4. The maximum absolute atomic E-state index is 17.1. The van der Waals surface area contributed by atoms with E-state index in [1.165, 1.54) is 12.1 Å². The second kappa shape index (κ2) is 21.0. The lowest BCUT2D eigenvalue weighted by Gasteiger charge is -2.35. The molecule has 0 unspecified atom stereocenters. The average molecular weight is 1070 g/mol. The normalized spacial score (nSPS) is 16.4. The summed E-state index contributed by atoms with van der Waals surface area (Å²) in [5.74, 6) is 0.152. The van der Waals surface area contributed by atoms with E-state index in [-0.39, 0.29) is 63.7 Å². The van der Waals surface area contributed by atoms with Gasteiger partial charge in [0.2, 0.25) is 11.9 Å². The lowest BCUT2D eigenvalue weighted by Crippen LogP contribution is -2.42. The zero-order valence-electron chi connectivity index (χ0n) is 47.0. The smallest absolute Gasteiger partial charge is 0.229 e. The number of aryl methyl sites for hydroxylation is 2. The SMILES string of the molecule is Cc1nc2c(F)cc(-c3nc(Nc4ccc5c(n4)C[C@@H](C)N(CCN(C)Cc4nc(Nc6ccc7c(n6)C[C@H](C)N(CCN(C)C)C7)nc(-c6cc(F)c7nc(C)n(C(C)(C)C)c7c6)c4F)C5)ncc3F)cc2n1C(C)(C)C. The topological polar surface area (TPSA) is 150 Å². The third kappa shape index (κ3) is 11.0. The van der Waals surface area contributed by atoms with Crippen LogP contribution in [0.5, 0.6) is 0 Å². The Morgan fingerprint density at radius 2 is 1.08 bits per heavy atom. The molecule has 8 heterocycles. The lowest BCUT2D eigenvalue weighted by atomic mass is 9.99. The van der Waals surface area contributed by atoms with Gasteiger partial charge in [-0.05, 0) is 138 Å². The van der Waals surface area contributed by atoms with Crippen molar-refractivity contribution in [3.05, 3.63) is 118 Å². The highest BCUT2D eigenvalue weighted by Gasteiger charge is 2.29. The van der Waals surface area contributed by atoms with Gasteiger partial charge in [-0.2, -0.15) is 0 Å². The van der Waals surface area contributed by atoms with Gasteiger partial charge >= 0.3 is 0 Å². The van der Waals surface area contributed by atoms with Crippen molar-refractivity contribution in [2.24, 2.45) is 0 Å². The molecule has 6 aromatic heterocycles. The summed E-state index contributed by atoms with van der Waals surface area (Å²) in [5.41, 5.74) is 5.45. The van der Waals surface area contributed by atoms with E-state index in [1.54, 1.807) is 12.1 Å². The number of likely N-dealkylation sites (N-methyl/N-ethyl adjacent to an activating group) is 2.